The number of nitrogens with one attached hydrogen (secondary N) is 1. The summed E-state index contributed by atoms with van der Waals surface area (Å²) in [5, 5.41) is 3.47. The molecule has 32 heavy (non-hydrogen) atoms. The lowest BCUT2D eigenvalue weighted by Crippen LogP contribution is -2.60. The zero-order chi connectivity index (χ0) is 22.8. The number of carbonyl (C=O) groups excluding carboxylic acids is 2. The van der Waals surface area contributed by atoms with Crippen molar-refractivity contribution in [2.24, 2.45) is 28.6 Å². The Balaban J connectivity index is 1.37. The van der Waals surface area contributed by atoms with Gasteiger partial charge in [-0.1, -0.05) is 32.1 Å². The molecular formula is C28H38N2O2. The molecule has 4 aliphatic rings. The first-order valence-electron chi connectivity index (χ1n) is 12.5. The van der Waals surface area contributed by atoms with Crippen molar-refractivity contribution >= 4 is 11.8 Å². The second-order valence-corrected chi connectivity index (χ2v) is 11.5. The Morgan fingerprint density at radius 3 is 2.62 bits per heavy atom. The highest BCUT2D eigenvalue weighted by Crippen LogP contribution is 2.63. The molecule has 172 valence electrons. The van der Waals surface area contributed by atoms with Crippen LogP contribution in [0.5, 0.6) is 0 Å². The Kier molecular flexibility index (Phi) is 5.07. The SMILES string of the molecule is Cc1cccc(C(=O)NC2CC[C@H]3[C@@H]4CCC5N(C)C(=O)C=C[C@]5(C)[C@@H]4CC[C@]23C)c1C. The van der Waals surface area contributed by atoms with Crippen LogP contribution in [0.4, 0.5) is 0 Å². The number of hydrogen-bond acceptors (Lipinski definition) is 2. The van der Waals surface area contributed by atoms with E-state index in [9.17, 15) is 9.59 Å². The molecule has 4 nitrogen and oxygen atoms in total. The van der Waals surface area contributed by atoms with Crippen LogP contribution >= 0.6 is 0 Å². The van der Waals surface area contributed by atoms with Crippen LogP contribution in [-0.2, 0) is 4.79 Å². The van der Waals surface area contributed by atoms with Gasteiger partial charge < -0.3 is 10.2 Å². The quantitative estimate of drug-likeness (QED) is 0.709. The summed E-state index contributed by atoms with van der Waals surface area (Å²) < 4.78 is 0. The van der Waals surface area contributed by atoms with E-state index in [1.54, 1.807) is 0 Å². The maximum Gasteiger partial charge on any atom is 0.251 e. The van der Waals surface area contributed by atoms with E-state index in [2.05, 4.69) is 38.2 Å². The molecule has 0 saturated heterocycles. The van der Waals surface area contributed by atoms with Gasteiger partial charge in [-0.15, -0.1) is 0 Å². The van der Waals surface area contributed by atoms with Crippen molar-refractivity contribution in [3.63, 3.8) is 0 Å². The summed E-state index contributed by atoms with van der Waals surface area (Å²) in [5.74, 6) is 2.20. The van der Waals surface area contributed by atoms with Crippen LogP contribution in [0, 0.1) is 42.4 Å². The topological polar surface area (TPSA) is 49.4 Å². The summed E-state index contributed by atoms with van der Waals surface area (Å²) in [4.78, 5) is 27.5. The average Bonchev–Trinajstić information content (AvgIpc) is 3.09. The normalized spacial score (nSPS) is 40.5. The Morgan fingerprint density at radius 2 is 1.84 bits per heavy atom. The number of likely N-dealkylation sites (N-methyl/N-ethyl adjacent to an activating group) is 1. The number of rotatable bonds is 2. The van der Waals surface area contributed by atoms with E-state index < -0.39 is 0 Å². The van der Waals surface area contributed by atoms with Gasteiger partial charge in [0.2, 0.25) is 5.91 Å². The number of amides is 2. The highest BCUT2D eigenvalue weighted by molar-refractivity contribution is 5.96. The van der Waals surface area contributed by atoms with E-state index in [4.69, 9.17) is 0 Å². The molecule has 5 rings (SSSR count). The van der Waals surface area contributed by atoms with Crippen LogP contribution in [-0.4, -0.2) is 35.8 Å². The molecule has 2 unspecified atom stereocenters. The highest BCUT2D eigenvalue weighted by Gasteiger charge is 2.60. The van der Waals surface area contributed by atoms with Gasteiger partial charge in [-0.05, 0) is 98.8 Å². The molecule has 0 spiro atoms. The largest absolute Gasteiger partial charge is 0.349 e. The molecule has 1 aromatic rings. The number of aryl methyl sites for hydroxylation is 1. The van der Waals surface area contributed by atoms with Crippen molar-refractivity contribution in [3.05, 3.63) is 47.0 Å². The van der Waals surface area contributed by atoms with Crippen LogP contribution in [0.2, 0.25) is 0 Å². The zero-order valence-electron chi connectivity index (χ0n) is 20.3. The minimum absolute atomic E-state index is 0.0763. The van der Waals surface area contributed by atoms with Gasteiger partial charge >= 0.3 is 0 Å². The van der Waals surface area contributed by atoms with Crippen molar-refractivity contribution in [2.75, 3.05) is 7.05 Å². The van der Waals surface area contributed by atoms with Crippen LogP contribution in [0.1, 0.15) is 73.9 Å². The fraction of sp³-hybridized carbons (Fsp3) is 0.643. The Morgan fingerprint density at radius 1 is 1.06 bits per heavy atom. The molecule has 1 aromatic carbocycles. The molecule has 0 aromatic heterocycles. The number of benzene rings is 1. The number of nitrogens with zero attached hydrogens (tertiary/aromatic N) is 1. The van der Waals surface area contributed by atoms with E-state index in [1.807, 2.05) is 37.1 Å². The molecule has 0 radical (unpaired) electrons. The molecule has 0 bridgehead atoms. The zero-order valence-corrected chi connectivity index (χ0v) is 20.3. The Hall–Kier alpha value is -2.10. The summed E-state index contributed by atoms with van der Waals surface area (Å²) >= 11 is 0. The third-order valence-corrected chi connectivity index (χ3v) is 10.3. The van der Waals surface area contributed by atoms with Crippen molar-refractivity contribution in [2.45, 2.75) is 78.3 Å². The second kappa shape index (κ2) is 7.46. The summed E-state index contributed by atoms with van der Waals surface area (Å²) in [6, 6.07) is 6.59. The molecule has 3 fully saturated rings. The monoisotopic (exact) mass is 434 g/mol. The number of fused-ring (bicyclic) bond motifs is 5. The third-order valence-electron chi connectivity index (χ3n) is 10.3. The van der Waals surface area contributed by atoms with Gasteiger partial charge in [-0.25, -0.2) is 0 Å². The Bertz CT molecular complexity index is 984. The first kappa shape index (κ1) is 21.7. The van der Waals surface area contributed by atoms with Crippen LogP contribution in [0.3, 0.4) is 0 Å². The summed E-state index contributed by atoms with van der Waals surface area (Å²) in [6.07, 6.45) is 11.0. The molecule has 7 atom stereocenters. The van der Waals surface area contributed by atoms with Gasteiger partial charge in [0.1, 0.15) is 0 Å². The first-order chi connectivity index (χ1) is 15.2. The van der Waals surface area contributed by atoms with E-state index >= 15 is 0 Å². The van der Waals surface area contributed by atoms with E-state index in [0.29, 0.717) is 23.8 Å². The van der Waals surface area contributed by atoms with Gasteiger partial charge in [-0.2, -0.15) is 0 Å². The molecule has 4 heteroatoms. The van der Waals surface area contributed by atoms with Crippen molar-refractivity contribution < 1.29 is 9.59 Å². The van der Waals surface area contributed by atoms with Gasteiger partial charge in [0.05, 0.1) is 0 Å². The summed E-state index contributed by atoms with van der Waals surface area (Å²) in [7, 11) is 1.98. The molecule has 3 aliphatic carbocycles. The van der Waals surface area contributed by atoms with Crippen molar-refractivity contribution in [1.82, 2.24) is 10.2 Å². The highest BCUT2D eigenvalue weighted by atomic mass is 16.2. The maximum atomic E-state index is 13.2. The van der Waals surface area contributed by atoms with Crippen LogP contribution in [0.15, 0.2) is 30.4 Å². The predicted molar refractivity (Wildman–Crippen MR) is 127 cm³/mol. The molecule has 2 amide bonds. The van der Waals surface area contributed by atoms with Gasteiger partial charge in [0.25, 0.3) is 5.91 Å². The van der Waals surface area contributed by atoms with Crippen LogP contribution in [0.25, 0.3) is 0 Å². The molecule has 1 N–H and O–H groups in total. The molecule has 1 aliphatic heterocycles. The average molecular weight is 435 g/mol. The van der Waals surface area contributed by atoms with Gasteiger partial charge in [0, 0.05) is 30.1 Å². The maximum absolute atomic E-state index is 13.2. The summed E-state index contributed by atoms with van der Waals surface area (Å²) in [5.41, 5.74) is 3.31. The van der Waals surface area contributed by atoms with E-state index in [1.165, 1.54) is 24.8 Å². The molecular weight excluding hydrogens is 396 g/mol. The lowest BCUT2D eigenvalue weighted by molar-refractivity contribution is -0.138. The third kappa shape index (κ3) is 3.01. The van der Waals surface area contributed by atoms with Crippen molar-refractivity contribution in [1.29, 1.82) is 0 Å². The fourth-order valence-electron chi connectivity index (χ4n) is 8.21. The number of carbonyl (C=O) groups is 2. The second-order valence-electron chi connectivity index (χ2n) is 11.5. The number of hydrogen-bond donors (Lipinski definition) is 1. The van der Waals surface area contributed by atoms with Crippen molar-refractivity contribution in [3.8, 4) is 0 Å². The standard InChI is InChI=1S/C28H38N2O2/c1-17-7-6-8-19(18(17)2)26(32)29-23-11-10-21-20-9-12-24-28(4,16-14-25(31)30(24)5)22(20)13-15-27(21,23)3/h6-8,14,16,20-24H,9-13,15H2,1-5H3,(H,29,32)/t20-,21-,22+,23?,24?,27-,28+/m0/s1. The smallest absolute Gasteiger partial charge is 0.251 e. The Labute approximate surface area is 192 Å². The van der Waals surface area contributed by atoms with Crippen LogP contribution < -0.4 is 5.32 Å². The lowest BCUT2D eigenvalue weighted by atomic mass is 9.48. The van der Waals surface area contributed by atoms with Gasteiger partial charge in [0.15, 0.2) is 0 Å². The molecule has 3 saturated carbocycles. The van der Waals surface area contributed by atoms with E-state index in [-0.39, 0.29) is 28.7 Å². The first-order valence-corrected chi connectivity index (χ1v) is 12.5. The minimum Gasteiger partial charge on any atom is -0.349 e. The van der Waals surface area contributed by atoms with Gasteiger partial charge in [-0.3, -0.25) is 9.59 Å². The summed E-state index contributed by atoms with van der Waals surface area (Å²) in [6.45, 7) is 8.95. The minimum atomic E-state index is 0.0763. The lowest BCUT2D eigenvalue weighted by Gasteiger charge is -2.60. The molecule has 1 heterocycles. The fourth-order valence-corrected chi connectivity index (χ4v) is 8.21. The predicted octanol–water partition coefficient (Wildman–Crippen LogP) is 5.04. The van der Waals surface area contributed by atoms with E-state index in [0.717, 1.165) is 30.4 Å².